The fourth-order valence-electron chi connectivity index (χ4n) is 3.28. The van der Waals surface area contributed by atoms with Crippen LogP contribution in [0.1, 0.15) is 77.7 Å². The van der Waals surface area contributed by atoms with Gasteiger partial charge in [0.15, 0.2) is 0 Å². The molecule has 0 atom stereocenters. The van der Waals surface area contributed by atoms with E-state index in [9.17, 15) is 4.79 Å². The molecule has 0 aliphatic rings. The molecule has 3 nitrogen and oxygen atoms in total. The van der Waals surface area contributed by atoms with Crippen molar-refractivity contribution in [1.82, 2.24) is 4.90 Å². The highest BCUT2D eigenvalue weighted by molar-refractivity contribution is 5.76. The predicted molar refractivity (Wildman–Crippen MR) is 118 cm³/mol. The lowest BCUT2D eigenvalue weighted by Crippen LogP contribution is -2.35. The molecular formula is C24H40N2O. The molecule has 0 saturated heterocycles. The Balaban J connectivity index is 2.82. The first-order valence-electron chi connectivity index (χ1n) is 10.8. The van der Waals surface area contributed by atoms with Gasteiger partial charge in [0.05, 0.1) is 0 Å². The Labute approximate surface area is 167 Å². The Kier molecular flexibility index (Phi) is 12.5. The minimum atomic E-state index is 0.287. The smallest absolute Gasteiger partial charge is 0.222 e. The molecule has 0 unspecified atom stereocenters. The monoisotopic (exact) mass is 372 g/mol. The number of hydrogen-bond donors (Lipinski definition) is 1. The summed E-state index contributed by atoms with van der Waals surface area (Å²) in [4.78, 5) is 14.9. The first kappa shape index (κ1) is 23.4. The van der Waals surface area contributed by atoms with Gasteiger partial charge >= 0.3 is 0 Å². The van der Waals surface area contributed by atoms with Crippen molar-refractivity contribution in [2.75, 3.05) is 19.6 Å². The molecule has 0 spiro atoms. The SMILES string of the molecule is CCCCC/C(=C/c1ccccc1)CN(CC(C)C)C(=O)CCCCCN. The van der Waals surface area contributed by atoms with Crippen LogP contribution in [0.3, 0.4) is 0 Å². The average Bonchev–Trinajstić information content (AvgIpc) is 2.65. The van der Waals surface area contributed by atoms with Gasteiger partial charge in [-0.25, -0.2) is 0 Å². The summed E-state index contributed by atoms with van der Waals surface area (Å²) in [6.07, 6.45) is 10.6. The van der Waals surface area contributed by atoms with E-state index in [2.05, 4.69) is 56.0 Å². The Hall–Kier alpha value is -1.61. The van der Waals surface area contributed by atoms with Gasteiger partial charge in [-0.2, -0.15) is 0 Å². The van der Waals surface area contributed by atoms with Crippen molar-refractivity contribution >= 4 is 12.0 Å². The van der Waals surface area contributed by atoms with Gasteiger partial charge in [-0.15, -0.1) is 0 Å². The highest BCUT2D eigenvalue weighted by Crippen LogP contribution is 2.17. The van der Waals surface area contributed by atoms with Gasteiger partial charge < -0.3 is 10.6 Å². The van der Waals surface area contributed by atoms with Gasteiger partial charge in [0.1, 0.15) is 0 Å². The number of carbonyl (C=O) groups excluding carboxylic acids is 1. The summed E-state index contributed by atoms with van der Waals surface area (Å²) in [6.45, 7) is 8.91. The van der Waals surface area contributed by atoms with Crippen LogP contribution in [0.4, 0.5) is 0 Å². The second-order valence-corrected chi connectivity index (χ2v) is 7.94. The Morgan fingerprint density at radius 1 is 1.04 bits per heavy atom. The van der Waals surface area contributed by atoms with Crippen LogP contribution in [-0.4, -0.2) is 30.4 Å². The van der Waals surface area contributed by atoms with E-state index >= 15 is 0 Å². The molecule has 0 aliphatic carbocycles. The maximum Gasteiger partial charge on any atom is 0.222 e. The fourth-order valence-corrected chi connectivity index (χ4v) is 3.28. The van der Waals surface area contributed by atoms with Gasteiger partial charge in [-0.05, 0) is 43.7 Å². The normalized spacial score (nSPS) is 11.8. The molecule has 0 aromatic heterocycles. The summed E-state index contributed by atoms with van der Waals surface area (Å²) in [5.41, 5.74) is 8.16. The molecule has 0 heterocycles. The van der Waals surface area contributed by atoms with Crippen molar-refractivity contribution in [1.29, 1.82) is 0 Å². The molecule has 152 valence electrons. The highest BCUT2D eigenvalue weighted by atomic mass is 16.2. The Morgan fingerprint density at radius 3 is 2.37 bits per heavy atom. The van der Waals surface area contributed by atoms with Crippen molar-refractivity contribution in [2.24, 2.45) is 11.7 Å². The molecule has 2 N–H and O–H groups in total. The van der Waals surface area contributed by atoms with Gasteiger partial charge in [0.25, 0.3) is 0 Å². The van der Waals surface area contributed by atoms with E-state index in [0.717, 1.165) is 38.8 Å². The lowest BCUT2D eigenvalue weighted by atomic mass is 10.0. The van der Waals surface area contributed by atoms with Gasteiger partial charge in [-0.3, -0.25) is 4.79 Å². The second-order valence-electron chi connectivity index (χ2n) is 7.94. The zero-order valence-corrected chi connectivity index (χ0v) is 17.8. The summed E-state index contributed by atoms with van der Waals surface area (Å²) in [7, 11) is 0. The van der Waals surface area contributed by atoms with Gasteiger partial charge in [0, 0.05) is 19.5 Å². The minimum Gasteiger partial charge on any atom is -0.338 e. The Bertz CT molecular complexity index is 537. The summed E-state index contributed by atoms with van der Waals surface area (Å²) in [5.74, 6) is 0.766. The third kappa shape index (κ3) is 11.0. The summed E-state index contributed by atoms with van der Waals surface area (Å²) < 4.78 is 0. The number of nitrogens with two attached hydrogens (primary N) is 1. The first-order chi connectivity index (χ1) is 13.1. The zero-order chi connectivity index (χ0) is 19.9. The topological polar surface area (TPSA) is 46.3 Å². The number of nitrogens with zero attached hydrogens (tertiary/aromatic N) is 1. The van der Waals surface area contributed by atoms with E-state index in [4.69, 9.17) is 5.73 Å². The third-order valence-corrected chi connectivity index (χ3v) is 4.70. The standard InChI is InChI=1S/C24H40N2O/c1-4-5-8-15-23(18-22-13-9-6-10-14-22)20-26(19-21(2)3)24(27)16-11-7-12-17-25/h6,9-10,13-14,18,21H,4-5,7-8,11-12,15-17,19-20,25H2,1-3H3/b23-18-. The number of amides is 1. The molecule has 0 radical (unpaired) electrons. The van der Waals surface area contributed by atoms with Crippen LogP contribution < -0.4 is 5.73 Å². The molecule has 0 saturated carbocycles. The maximum absolute atomic E-state index is 12.8. The number of carbonyl (C=O) groups is 1. The lowest BCUT2D eigenvalue weighted by Gasteiger charge is -2.26. The van der Waals surface area contributed by atoms with Gasteiger partial charge in [0.2, 0.25) is 5.91 Å². The highest BCUT2D eigenvalue weighted by Gasteiger charge is 2.16. The second kappa shape index (κ2) is 14.4. The van der Waals surface area contributed by atoms with E-state index in [1.807, 2.05) is 6.07 Å². The van der Waals surface area contributed by atoms with Crippen molar-refractivity contribution in [3.8, 4) is 0 Å². The van der Waals surface area contributed by atoms with E-state index in [0.29, 0.717) is 18.9 Å². The molecule has 27 heavy (non-hydrogen) atoms. The van der Waals surface area contributed by atoms with Crippen molar-refractivity contribution in [3.05, 3.63) is 41.5 Å². The van der Waals surface area contributed by atoms with E-state index in [-0.39, 0.29) is 5.91 Å². The molecular weight excluding hydrogens is 332 g/mol. The largest absolute Gasteiger partial charge is 0.338 e. The molecule has 1 aromatic rings. The van der Waals surface area contributed by atoms with E-state index < -0.39 is 0 Å². The van der Waals surface area contributed by atoms with Crippen LogP contribution in [0.25, 0.3) is 6.08 Å². The number of rotatable bonds is 14. The van der Waals surface area contributed by atoms with E-state index in [1.165, 1.54) is 30.4 Å². The predicted octanol–water partition coefficient (Wildman–Crippen LogP) is 5.65. The third-order valence-electron chi connectivity index (χ3n) is 4.70. The molecule has 0 bridgehead atoms. The number of benzene rings is 1. The average molecular weight is 373 g/mol. The van der Waals surface area contributed by atoms with E-state index in [1.54, 1.807) is 0 Å². The quantitative estimate of drug-likeness (QED) is 0.429. The summed E-state index contributed by atoms with van der Waals surface area (Å²) >= 11 is 0. The molecule has 1 rings (SSSR count). The fraction of sp³-hybridized carbons (Fsp3) is 0.625. The molecule has 0 fully saturated rings. The van der Waals surface area contributed by atoms with Crippen LogP contribution in [0, 0.1) is 5.92 Å². The maximum atomic E-state index is 12.8. The molecule has 0 aliphatic heterocycles. The van der Waals surface area contributed by atoms with Crippen molar-refractivity contribution < 1.29 is 4.79 Å². The lowest BCUT2D eigenvalue weighted by molar-refractivity contribution is -0.131. The molecule has 1 aromatic carbocycles. The van der Waals surface area contributed by atoms with Crippen molar-refractivity contribution in [3.63, 3.8) is 0 Å². The van der Waals surface area contributed by atoms with Crippen LogP contribution in [0.5, 0.6) is 0 Å². The Morgan fingerprint density at radius 2 is 1.74 bits per heavy atom. The summed E-state index contributed by atoms with van der Waals surface area (Å²) in [5, 5.41) is 0. The van der Waals surface area contributed by atoms with Crippen LogP contribution >= 0.6 is 0 Å². The van der Waals surface area contributed by atoms with Crippen LogP contribution in [-0.2, 0) is 4.79 Å². The molecule has 1 amide bonds. The van der Waals surface area contributed by atoms with Crippen molar-refractivity contribution in [2.45, 2.75) is 72.1 Å². The number of unbranched alkanes of at least 4 members (excludes halogenated alkanes) is 4. The van der Waals surface area contributed by atoms with Crippen LogP contribution in [0.15, 0.2) is 35.9 Å². The van der Waals surface area contributed by atoms with Gasteiger partial charge in [-0.1, -0.05) is 82.0 Å². The summed E-state index contributed by atoms with van der Waals surface area (Å²) in [6, 6.07) is 10.5. The molecule has 3 heteroatoms. The minimum absolute atomic E-state index is 0.287. The zero-order valence-electron chi connectivity index (χ0n) is 17.8. The number of hydrogen-bond acceptors (Lipinski definition) is 2. The first-order valence-corrected chi connectivity index (χ1v) is 10.8. The van der Waals surface area contributed by atoms with Crippen LogP contribution in [0.2, 0.25) is 0 Å².